The summed E-state index contributed by atoms with van der Waals surface area (Å²) in [4.78, 5) is 14.9. The number of nitrogens with one attached hydrogen (secondary N) is 1. The van der Waals surface area contributed by atoms with Gasteiger partial charge in [0.05, 0.1) is 16.3 Å². The van der Waals surface area contributed by atoms with Gasteiger partial charge in [0.2, 0.25) is 5.95 Å². The van der Waals surface area contributed by atoms with Gasteiger partial charge in [0, 0.05) is 11.2 Å². The molecule has 98 valence electrons. The fourth-order valence-corrected chi connectivity index (χ4v) is 1.83. The highest BCUT2D eigenvalue weighted by Crippen LogP contribution is 2.26. The first-order valence-corrected chi connectivity index (χ1v) is 5.81. The van der Waals surface area contributed by atoms with Crippen LogP contribution in [-0.4, -0.2) is 10.9 Å². The Balaban J connectivity index is 2.28. The van der Waals surface area contributed by atoms with Crippen molar-refractivity contribution >= 4 is 34.8 Å². The lowest BCUT2D eigenvalue weighted by molar-refractivity contribution is 0.102. The minimum Gasteiger partial charge on any atom is -0.321 e. The van der Waals surface area contributed by atoms with E-state index >= 15 is 0 Å². The molecule has 2 aromatic rings. The topological polar surface area (TPSA) is 42.0 Å². The predicted octanol–water partition coefficient (Wildman–Crippen LogP) is 3.92. The van der Waals surface area contributed by atoms with E-state index in [1.807, 2.05) is 0 Å². The lowest BCUT2D eigenvalue weighted by atomic mass is 10.2. The molecule has 0 aliphatic rings. The van der Waals surface area contributed by atoms with Crippen molar-refractivity contribution in [1.82, 2.24) is 4.98 Å². The molecule has 1 aromatic carbocycles. The third-order valence-electron chi connectivity index (χ3n) is 2.27. The van der Waals surface area contributed by atoms with E-state index in [9.17, 15) is 13.6 Å². The van der Waals surface area contributed by atoms with Crippen molar-refractivity contribution < 1.29 is 13.6 Å². The third-order valence-corrected chi connectivity index (χ3v) is 2.82. The Morgan fingerprint density at radius 1 is 1.21 bits per heavy atom. The van der Waals surface area contributed by atoms with Gasteiger partial charge in [0.25, 0.3) is 5.91 Å². The first kappa shape index (κ1) is 13.7. The average Bonchev–Trinajstić information content (AvgIpc) is 2.36. The largest absolute Gasteiger partial charge is 0.321 e. The van der Waals surface area contributed by atoms with Gasteiger partial charge in [-0.1, -0.05) is 23.2 Å². The number of halogens is 4. The number of anilines is 1. The number of benzene rings is 1. The normalized spacial score (nSPS) is 10.3. The van der Waals surface area contributed by atoms with Crippen LogP contribution in [0.3, 0.4) is 0 Å². The monoisotopic (exact) mass is 302 g/mol. The smallest absolute Gasteiger partial charge is 0.258 e. The molecule has 7 heteroatoms. The molecule has 0 radical (unpaired) electrons. The fourth-order valence-electron chi connectivity index (χ4n) is 1.37. The standard InChI is InChI=1S/C12H6Cl2F2N2O/c13-6-1-2-9(8(14)5-6)18-12(19)7-3-4-17-11(16)10(7)15/h1-5H,(H,18,19). The van der Waals surface area contributed by atoms with Gasteiger partial charge in [-0.3, -0.25) is 4.79 Å². The maximum Gasteiger partial charge on any atom is 0.258 e. The number of hydrogen-bond acceptors (Lipinski definition) is 2. The van der Waals surface area contributed by atoms with Crippen molar-refractivity contribution in [3.63, 3.8) is 0 Å². The fraction of sp³-hybridized carbons (Fsp3) is 0. The number of hydrogen-bond donors (Lipinski definition) is 1. The Morgan fingerprint density at radius 2 is 1.95 bits per heavy atom. The van der Waals surface area contributed by atoms with Gasteiger partial charge in [0.1, 0.15) is 0 Å². The molecule has 0 spiro atoms. The highest BCUT2D eigenvalue weighted by Gasteiger charge is 2.17. The van der Waals surface area contributed by atoms with E-state index in [0.29, 0.717) is 5.02 Å². The van der Waals surface area contributed by atoms with E-state index in [1.54, 1.807) is 0 Å². The van der Waals surface area contributed by atoms with Crippen LogP contribution in [-0.2, 0) is 0 Å². The number of amides is 1. The number of aromatic nitrogens is 1. The van der Waals surface area contributed by atoms with Crippen molar-refractivity contribution in [2.24, 2.45) is 0 Å². The lowest BCUT2D eigenvalue weighted by Gasteiger charge is -2.08. The van der Waals surface area contributed by atoms with E-state index in [2.05, 4.69) is 10.3 Å². The number of carbonyl (C=O) groups excluding carboxylic acids is 1. The summed E-state index contributed by atoms with van der Waals surface area (Å²) in [5.41, 5.74) is -0.216. The van der Waals surface area contributed by atoms with Crippen LogP contribution in [0.25, 0.3) is 0 Å². The maximum atomic E-state index is 13.4. The Bertz CT molecular complexity index is 650. The first-order valence-electron chi connectivity index (χ1n) is 5.05. The van der Waals surface area contributed by atoms with Crippen molar-refractivity contribution in [3.05, 3.63) is 57.8 Å². The van der Waals surface area contributed by atoms with Crippen LogP contribution >= 0.6 is 23.2 Å². The summed E-state index contributed by atoms with van der Waals surface area (Å²) in [5.74, 6) is -3.48. The van der Waals surface area contributed by atoms with Crippen molar-refractivity contribution in [1.29, 1.82) is 0 Å². The summed E-state index contributed by atoms with van der Waals surface area (Å²) in [6, 6.07) is 5.45. The van der Waals surface area contributed by atoms with Crippen molar-refractivity contribution in [2.75, 3.05) is 5.32 Å². The molecule has 0 fully saturated rings. The van der Waals surface area contributed by atoms with Crippen molar-refractivity contribution in [3.8, 4) is 0 Å². The minimum absolute atomic E-state index is 0.191. The zero-order chi connectivity index (χ0) is 14.0. The quantitative estimate of drug-likeness (QED) is 0.854. The molecular formula is C12H6Cl2F2N2O. The second-order valence-corrected chi connectivity index (χ2v) is 4.39. The predicted molar refractivity (Wildman–Crippen MR) is 68.6 cm³/mol. The first-order chi connectivity index (χ1) is 8.99. The lowest BCUT2D eigenvalue weighted by Crippen LogP contribution is -2.15. The van der Waals surface area contributed by atoms with Gasteiger partial charge in [0.15, 0.2) is 5.82 Å². The van der Waals surface area contributed by atoms with Crippen LogP contribution in [0.2, 0.25) is 10.0 Å². The van der Waals surface area contributed by atoms with E-state index in [0.717, 1.165) is 12.3 Å². The molecule has 19 heavy (non-hydrogen) atoms. The second kappa shape index (κ2) is 5.50. The van der Waals surface area contributed by atoms with Gasteiger partial charge in [-0.2, -0.15) is 4.39 Å². The minimum atomic E-state index is -1.34. The van der Waals surface area contributed by atoms with E-state index in [1.165, 1.54) is 18.2 Å². The number of rotatable bonds is 2. The number of carbonyl (C=O) groups is 1. The molecule has 1 aromatic heterocycles. The van der Waals surface area contributed by atoms with Gasteiger partial charge in [-0.05, 0) is 24.3 Å². The molecule has 1 N–H and O–H groups in total. The van der Waals surface area contributed by atoms with Crippen LogP contribution in [0, 0.1) is 11.8 Å². The van der Waals surface area contributed by atoms with E-state index < -0.39 is 23.2 Å². The van der Waals surface area contributed by atoms with Crippen LogP contribution in [0.5, 0.6) is 0 Å². The second-order valence-electron chi connectivity index (χ2n) is 3.54. The molecule has 0 atom stereocenters. The van der Waals surface area contributed by atoms with Crippen LogP contribution in [0.4, 0.5) is 14.5 Å². The molecule has 1 heterocycles. The SMILES string of the molecule is O=C(Nc1ccc(Cl)cc1Cl)c1ccnc(F)c1F. The molecule has 0 unspecified atom stereocenters. The van der Waals surface area contributed by atoms with Crippen LogP contribution in [0.1, 0.15) is 10.4 Å². The molecule has 0 bridgehead atoms. The summed E-state index contributed by atoms with van der Waals surface area (Å²) in [5, 5.41) is 2.94. The summed E-state index contributed by atoms with van der Waals surface area (Å²) in [7, 11) is 0. The average molecular weight is 303 g/mol. The summed E-state index contributed by atoms with van der Waals surface area (Å²) in [6.45, 7) is 0. The van der Waals surface area contributed by atoms with Crippen LogP contribution < -0.4 is 5.32 Å². The van der Waals surface area contributed by atoms with Gasteiger partial charge < -0.3 is 5.32 Å². The molecule has 3 nitrogen and oxygen atoms in total. The molecular weight excluding hydrogens is 297 g/mol. The zero-order valence-corrected chi connectivity index (χ0v) is 10.8. The van der Waals surface area contributed by atoms with E-state index in [-0.39, 0.29) is 10.7 Å². The Hall–Kier alpha value is -1.72. The maximum absolute atomic E-state index is 13.4. The van der Waals surface area contributed by atoms with Gasteiger partial charge in [-0.15, -0.1) is 0 Å². The van der Waals surface area contributed by atoms with Gasteiger partial charge in [-0.25, -0.2) is 9.37 Å². The molecule has 0 saturated carbocycles. The highest BCUT2D eigenvalue weighted by molar-refractivity contribution is 6.36. The Morgan fingerprint density at radius 3 is 2.63 bits per heavy atom. The van der Waals surface area contributed by atoms with Crippen LogP contribution in [0.15, 0.2) is 30.5 Å². The Kier molecular flexibility index (Phi) is 3.97. The molecule has 0 aliphatic heterocycles. The zero-order valence-electron chi connectivity index (χ0n) is 9.25. The summed E-state index contributed by atoms with van der Waals surface area (Å²) >= 11 is 11.6. The number of pyridine rings is 1. The van der Waals surface area contributed by atoms with Gasteiger partial charge >= 0.3 is 0 Å². The Labute approximate surface area is 117 Å². The summed E-state index contributed by atoms with van der Waals surface area (Å²) < 4.78 is 26.3. The molecule has 2 rings (SSSR count). The highest BCUT2D eigenvalue weighted by atomic mass is 35.5. The van der Waals surface area contributed by atoms with Crippen molar-refractivity contribution in [2.45, 2.75) is 0 Å². The molecule has 0 saturated heterocycles. The molecule has 0 aliphatic carbocycles. The van der Waals surface area contributed by atoms with E-state index in [4.69, 9.17) is 23.2 Å². The molecule has 1 amide bonds. The third kappa shape index (κ3) is 3.00. The summed E-state index contributed by atoms with van der Waals surface area (Å²) in [6.07, 6.45) is 0.997. The number of nitrogens with zero attached hydrogens (tertiary/aromatic N) is 1.